The molecule has 1 heterocycles. The van der Waals surface area contributed by atoms with Gasteiger partial charge >= 0.3 is 12.0 Å². The second-order valence-corrected chi connectivity index (χ2v) is 6.10. The van der Waals surface area contributed by atoms with E-state index in [2.05, 4.69) is 21.2 Å². The van der Waals surface area contributed by atoms with Crippen LogP contribution in [0, 0.1) is 5.82 Å². The van der Waals surface area contributed by atoms with Crippen LogP contribution >= 0.6 is 15.9 Å². The highest BCUT2D eigenvalue weighted by Gasteiger charge is 2.37. The highest BCUT2D eigenvalue weighted by atomic mass is 79.9. The number of methoxy groups -OCH3 is 2. The van der Waals surface area contributed by atoms with E-state index in [9.17, 15) is 14.0 Å². The van der Waals surface area contributed by atoms with E-state index in [1.165, 1.54) is 31.3 Å². The molecule has 6 nitrogen and oxygen atoms in total. The van der Waals surface area contributed by atoms with Crippen molar-refractivity contribution in [3.05, 3.63) is 45.3 Å². The van der Waals surface area contributed by atoms with Gasteiger partial charge in [-0.05, 0) is 25.1 Å². The largest absolute Gasteiger partial charge is 0.466 e. The van der Waals surface area contributed by atoms with Crippen molar-refractivity contribution in [2.45, 2.75) is 13.0 Å². The Kier molecular flexibility index (Phi) is 5.95. The highest BCUT2D eigenvalue weighted by Crippen LogP contribution is 2.33. The highest BCUT2D eigenvalue weighted by molar-refractivity contribution is 9.10. The molecule has 2 rings (SSSR count). The molecule has 1 N–H and O–H groups in total. The van der Waals surface area contributed by atoms with Gasteiger partial charge in [-0.3, -0.25) is 4.90 Å². The molecule has 1 aliphatic heterocycles. The summed E-state index contributed by atoms with van der Waals surface area (Å²) in [4.78, 5) is 26.0. The summed E-state index contributed by atoms with van der Waals surface area (Å²) in [6.07, 6.45) is 0. The number of amides is 2. The molecule has 8 heteroatoms. The van der Waals surface area contributed by atoms with Gasteiger partial charge in [0, 0.05) is 22.8 Å². The van der Waals surface area contributed by atoms with Crippen molar-refractivity contribution in [3.63, 3.8) is 0 Å². The summed E-state index contributed by atoms with van der Waals surface area (Å²) in [5.74, 6) is -1.15. The maximum Gasteiger partial charge on any atom is 0.337 e. The first-order valence-electron chi connectivity index (χ1n) is 7.21. The summed E-state index contributed by atoms with van der Waals surface area (Å²) in [7, 11) is 2.76. The van der Waals surface area contributed by atoms with E-state index in [1.54, 1.807) is 13.0 Å². The second-order valence-electron chi connectivity index (χ2n) is 5.18. The molecule has 0 spiro atoms. The van der Waals surface area contributed by atoms with E-state index in [-0.39, 0.29) is 17.7 Å². The number of carbonyl (C=O) groups is 2. The molecule has 0 saturated carbocycles. The normalized spacial score (nSPS) is 17.8. The van der Waals surface area contributed by atoms with E-state index in [0.717, 1.165) is 0 Å². The van der Waals surface area contributed by atoms with Gasteiger partial charge in [0.05, 0.1) is 31.9 Å². The fourth-order valence-electron chi connectivity index (χ4n) is 2.58. The van der Waals surface area contributed by atoms with Crippen LogP contribution < -0.4 is 5.32 Å². The number of ether oxygens (including phenoxy) is 2. The zero-order valence-corrected chi connectivity index (χ0v) is 15.1. The Labute approximate surface area is 147 Å². The molecule has 1 unspecified atom stereocenters. The summed E-state index contributed by atoms with van der Waals surface area (Å²) in [5.41, 5.74) is 0.779. The van der Waals surface area contributed by atoms with Gasteiger partial charge in [0.15, 0.2) is 0 Å². The van der Waals surface area contributed by atoms with Crippen molar-refractivity contribution in [2.75, 3.05) is 27.4 Å². The Balaban J connectivity index is 2.54. The molecule has 130 valence electrons. The number of carbonyl (C=O) groups excluding carboxylic acids is 2. The van der Waals surface area contributed by atoms with Crippen LogP contribution in [-0.4, -0.2) is 44.3 Å². The van der Waals surface area contributed by atoms with Crippen molar-refractivity contribution in [1.29, 1.82) is 0 Å². The zero-order chi connectivity index (χ0) is 17.9. The molecular weight excluding hydrogens is 383 g/mol. The quantitative estimate of drug-likeness (QED) is 0.771. The minimum atomic E-state index is -0.929. The lowest BCUT2D eigenvalue weighted by atomic mass is 9.94. The van der Waals surface area contributed by atoms with Crippen LogP contribution in [0.3, 0.4) is 0 Å². The van der Waals surface area contributed by atoms with Crippen molar-refractivity contribution in [2.24, 2.45) is 0 Å². The first-order valence-corrected chi connectivity index (χ1v) is 8.01. The Bertz CT molecular complexity index is 693. The predicted molar refractivity (Wildman–Crippen MR) is 88.7 cm³/mol. The van der Waals surface area contributed by atoms with Gasteiger partial charge in [0.1, 0.15) is 5.82 Å². The first kappa shape index (κ1) is 18.4. The van der Waals surface area contributed by atoms with E-state index >= 15 is 0 Å². The Hall–Kier alpha value is -1.93. The SMILES string of the molecule is COCCN1C(=O)NC(c2cc(Br)ccc2F)C(C(=O)OC)=C1C. The van der Waals surface area contributed by atoms with E-state index in [0.29, 0.717) is 16.8 Å². The van der Waals surface area contributed by atoms with Crippen LogP contribution in [0.5, 0.6) is 0 Å². The average Bonchev–Trinajstić information content (AvgIpc) is 2.55. The average molecular weight is 401 g/mol. The summed E-state index contributed by atoms with van der Waals surface area (Å²) in [5, 5.41) is 2.67. The third kappa shape index (κ3) is 3.59. The number of nitrogens with zero attached hydrogens (tertiary/aromatic N) is 1. The van der Waals surface area contributed by atoms with Gasteiger partial charge < -0.3 is 14.8 Å². The number of hydrogen-bond donors (Lipinski definition) is 1. The second kappa shape index (κ2) is 7.76. The Morgan fingerprint density at radius 3 is 2.75 bits per heavy atom. The van der Waals surface area contributed by atoms with E-state index in [4.69, 9.17) is 9.47 Å². The maximum absolute atomic E-state index is 14.3. The molecule has 0 aliphatic carbocycles. The van der Waals surface area contributed by atoms with E-state index in [1.807, 2.05) is 0 Å². The number of nitrogens with one attached hydrogen (secondary N) is 1. The van der Waals surface area contributed by atoms with Crippen LogP contribution in [0.4, 0.5) is 9.18 Å². The van der Waals surface area contributed by atoms with Gasteiger partial charge in [-0.1, -0.05) is 15.9 Å². The number of hydrogen-bond acceptors (Lipinski definition) is 4. The van der Waals surface area contributed by atoms with Crippen molar-refractivity contribution < 1.29 is 23.5 Å². The van der Waals surface area contributed by atoms with Crippen LogP contribution in [0.2, 0.25) is 0 Å². The first-order chi connectivity index (χ1) is 11.4. The number of esters is 1. The van der Waals surface area contributed by atoms with Gasteiger partial charge in [-0.15, -0.1) is 0 Å². The summed E-state index contributed by atoms with van der Waals surface area (Å²) < 4.78 is 24.7. The van der Waals surface area contributed by atoms with Crippen LogP contribution in [0.1, 0.15) is 18.5 Å². The topological polar surface area (TPSA) is 67.9 Å². The molecule has 0 fully saturated rings. The third-order valence-electron chi connectivity index (χ3n) is 3.79. The fraction of sp³-hybridized carbons (Fsp3) is 0.375. The molecular formula is C16H18BrFN2O4. The number of rotatable bonds is 5. The zero-order valence-electron chi connectivity index (χ0n) is 13.6. The molecule has 0 saturated heterocycles. The fourth-order valence-corrected chi connectivity index (χ4v) is 2.96. The van der Waals surface area contributed by atoms with Gasteiger partial charge in [0.2, 0.25) is 0 Å². The van der Waals surface area contributed by atoms with Crippen LogP contribution in [-0.2, 0) is 14.3 Å². The molecule has 0 aromatic heterocycles. The number of benzene rings is 1. The van der Waals surface area contributed by atoms with Crippen LogP contribution in [0.25, 0.3) is 0 Å². The van der Waals surface area contributed by atoms with Gasteiger partial charge in [-0.25, -0.2) is 14.0 Å². The molecule has 1 aliphatic rings. The third-order valence-corrected chi connectivity index (χ3v) is 4.28. The lowest BCUT2D eigenvalue weighted by Crippen LogP contribution is -2.49. The lowest BCUT2D eigenvalue weighted by Gasteiger charge is -2.35. The standard InChI is InChI=1S/C16H18BrFN2O4/c1-9-13(15(21)24-3)14(11-8-10(17)4-5-12(11)18)19-16(22)20(9)6-7-23-2/h4-5,8,14H,6-7H2,1-3H3,(H,19,22). The van der Waals surface area contributed by atoms with Crippen molar-refractivity contribution in [3.8, 4) is 0 Å². The summed E-state index contributed by atoms with van der Waals surface area (Å²) in [6.45, 7) is 2.20. The Morgan fingerprint density at radius 1 is 1.42 bits per heavy atom. The van der Waals surface area contributed by atoms with Gasteiger partial charge in [0.25, 0.3) is 0 Å². The molecule has 0 radical (unpaired) electrons. The molecule has 1 aromatic rings. The number of allylic oxidation sites excluding steroid dienone is 1. The number of halogens is 2. The number of urea groups is 1. The smallest absolute Gasteiger partial charge is 0.337 e. The minimum Gasteiger partial charge on any atom is -0.466 e. The van der Waals surface area contributed by atoms with E-state index < -0.39 is 23.9 Å². The van der Waals surface area contributed by atoms with Crippen molar-refractivity contribution in [1.82, 2.24) is 10.2 Å². The molecule has 1 atom stereocenters. The predicted octanol–water partition coefficient (Wildman–Crippen LogP) is 2.75. The lowest BCUT2D eigenvalue weighted by molar-refractivity contribution is -0.136. The van der Waals surface area contributed by atoms with Crippen molar-refractivity contribution >= 4 is 27.9 Å². The van der Waals surface area contributed by atoms with Gasteiger partial charge in [-0.2, -0.15) is 0 Å². The molecule has 0 bridgehead atoms. The molecule has 24 heavy (non-hydrogen) atoms. The monoisotopic (exact) mass is 400 g/mol. The summed E-state index contributed by atoms with van der Waals surface area (Å²) in [6, 6.07) is 2.99. The Morgan fingerprint density at radius 2 is 2.12 bits per heavy atom. The van der Waals surface area contributed by atoms with Crippen LogP contribution in [0.15, 0.2) is 33.9 Å². The molecule has 1 aromatic carbocycles. The molecule has 2 amide bonds. The summed E-state index contributed by atoms with van der Waals surface area (Å²) >= 11 is 3.27. The minimum absolute atomic E-state index is 0.184. The maximum atomic E-state index is 14.3.